The minimum Gasteiger partial charge on any atom is -0.465 e. The third kappa shape index (κ3) is 4.99. The summed E-state index contributed by atoms with van der Waals surface area (Å²) in [5.41, 5.74) is -1.08. The molecule has 3 heterocycles. The van der Waals surface area contributed by atoms with E-state index in [9.17, 15) is 19.5 Å². The molecule has 0 aromatic rings. The van der Waals surface area contributed by atoms with Gasteiger partial charge in [-0.2, -0.15) is 0 Å². The standard InChI is InChI=1S/C28H44N2O6/c1-6-10-11-12-17-35-27(34)22-21-14-15-28(36-21)23(22)25(32)30(20(9-4)18-31)24(28)26(33)29(16-8-3)19(5)13-7-2/h6,8,19-24,31H,1,3,7,9-18H2,2,4-5H3/t19?,20-,21-,22+,23-,24?,28?/m0/s1. The highest BCUT2D eigenvalue weighted by molar-refractivity contribution is 5.98. The van der Waals surface area contributed by atoms with Crippen LogP contribution < -0.4 is 0 Å². The van der Waals surface area contributed by atoms with Gasteiger partial charge in [0.1, 0.15) is 11.6 Å². The summed E-state index contributed by atoms with van der Waals surface area (Å²) in [6, 6.07) is -1.46. The van der Waals surface area contributed by atoms with Crippen molar-refractivity contribution in [1.29, 1.82) is 0 Å². The molecule has 202 valence electrons. The summed E-state index contributed by atoms with van der Waals surface area (Å²) in [6.07, 6.45) is 8.89. The molecule has 3 aliphatic rings. The molecule has 0 aromatic heterocycles. The van der Waals surface area contributed by atoms with Gasteiger partial charge in [0, 0.05) is 12.6 Å². The van der Waals surface area contributed by atoms with E-state index < -0.39 is 41.6 Å². The summed E-state index contributed by atoms with van der Waals surface area (Å²) >= 11 is 0. The summed E-state index contributed by atoms with van der Waals surface area (Å²) in [4.78, 5) is 44.7. The molecule has 0 aliphatic carbocycles. The highest BCUT2D eigenvalue weighted by Crippen LogP contribution is 2.59. The van der Waals surface area contributed by atoms with Crippen molar-refractivity contribution in [2.75, 3.05) is 19.8 Å². The third-order valence-corrected chi connectivity index (χ3v) is 8.21. The van der Waals surface area contributed by atoms with Crippen molar-refractivity contribution in [2.24, 2.45) is 11.8 Å². The predicted molar refractivity (Wildman–Crippen MR) is 137 cm³/mol. The molecule has 0 saturated carbocycles. The molecule has 2 amide bonds. The van der Waals surface area contributed by atoms with Crippen molar-refractivity contribution < 1.29 is 29.0 Å². The number of hydrogen-bond donors (Lipinski definition) is 1. The summed E-state index contributed by atoms with van der Waals surface area (Å²) in [5, 5.41) is 10.2. The van der Waals surface area contributed by atoms with Crippen LogP contribution in [0.5, 0.6) is 0 Å². The number of amides is 2. The van der Waals surface area contributed by atoms with Crippen LogP contribution in [-0.4, -0.2) is 82.3 Å². The van der Waals surface area contributed by atoms with Gasteiger partial charge in [0.15, 0.2) is 0 Å². The number of hydrogen-bond acceptors (Lipinski definition) is 6. The van der Waals surface area contributed by atoms with Crippen LogP contribution in [0.15, 0.2) is 25.3 Å². The number of fused-ring (bicyclic) bond motifs is 1. The molecule has 3 unspecified atom stereocenters. The second-order valence-electron chi connectivity index (χ2n) is 10.4. The number of aliphatic hydroxyl groups excluding tert-OH is 1. The second kappa shape index (κ2) is 12.4. The van der Waals surface area contributed by atoms with Crippen LogP contribution >= 0.6 is 0 Å². The first-order chi connectivity index (χ1) is 17.3. The molecule has 2 bridgehead atoms. The van der Waals surface area contributed by atoms with Crippen LogP contribution in [0.1, 0.15) is 72.1 Å². The number of carbonyl (C=O) groups excluding carboxylic acids is 3. The minimum absolute atomic E-state index is 0.0444. The fourth-order valence-corrected chi connectivity index (χ4v) is 6.46. The lowest BCUT2D eigenvalue weighted by Crippen LogP contribution is -2.60. The van der Waals surface area contributed by atoms with Gasteiger partial charge in [-0.1, -0.05) is 32.4 Å². The zero-order valence-electron chi connectivity index (χ0n) is 22.2. The van der Waals surface area contributed by atoms with Crippen molar-refractivity contribution in [2.45, 2.75) is 102 Å². The van der Waals surface area contributed by atoms with Crippen LogP contribution in [0.4, 0.5) is 0 Å². The first-order valence-electron chi connectivity index (χ1n) is 13.6. The largest absolute Gasteiger partial charge is 0.465 e. The predicted octanol–water partition coefficient (Wildman–Crippen LogP) is 3.23. The maximum Gasteiger partial charge on any atom is 0.312 e. The number of esters is 1. The van der Waals surface area contributed by atoms with Crippen molar-refractivity contribution in [1.82, 2.24) is 9.80 Å². The number of aliphatic hydroxyl groups is 1. The van der Waals surface area contributed by atoms with E-state index in [4.69, 9.17) is 9.47 Å². The van der Waals surface area contributed by atoms with Gasteiger partial charge >= 0.3 is 5.97 Å². The molecule has 8 nitrogen and oxygen atoms in total. The Labute approximate surface area is 215 Å². The number of nitrogens with zero attached hydrogens (tertiary/aromatic N) is 2. The monoisotopic (exact) mass is 504 g/mol. The second-order valence-corrected chi connectivity index (χ2v) is 10.4. The van der Waals surface area contributed by atoms with Gasteiger partial charge in [0.2, 0.25) is 11.8 Å². The number of unbranched alkanes of at least 4 members (excludes halogenated alkanes) is 2. The third-order valence-electron chi connectivity index (χ3n) is 8.21. The Morgan fingerprint density at radius 2 is 2.06 bits per heavy atom. The number of carbonyl (C=O) groups is 3. The van der Waals surface area contributed by atoms with E-state index in [-0.39, 0.29) is 31.1 Å². The summed E-state index contributed by atoms with van der Waals surface area (Å²) in [5.74, 6) is -2.42. The number of likely N-dealkylation sites (tertiary alicyclic amines) is 1. The maximum atomic E-state index is 14.2. The Balaban J connectivity index is 1.95. The van der Waals surface area contributed by atoms with Crippen molar-refractivity contribution in [3.8, 4) is 0 Å². The Morgan fingerprint density at radius 1 is 1.31 bits per heavy atom. The topological polar surface area (TPSA) is 96.4 Å². The molecule has 7 atom stereocenters. The molecular weight excluding hydrogens is 460 g/mol. The molecule has 3 aliphatic heterocycles. The zero-order valence-corrected chi connectivity index (χ0v) is 22.2. The van der Waals surface area contributed by atoms with E-state index >= 15 is 0 Å². The quantitative estimate of drug-likeness (QED) is 0.209. The van der Waals surface area contributed by atoms with Gasteiger partial charge < -0.3 is 24.4 Å². The van der Waals surface area contributed by atoms with Gasteiger partial charge in [0.25, 0.3) is 0 Å². The SMILES string of the molecule is C=CCCCCOC(=O)[C@@H]1[C@@H]2CCC3(O2)C(C(=O)N(CC=C)C(C)CCC)N([C@@H](CC)CO)C(=O)[C@H]13. The lowest BCUT2D eigenvalue weighted by molar-refractivity contribution is -0.157. The first kappa shape index (κ1) is 28.4. The highest BCUT2D eigenvalue weighted by atomic mass is 16.6. The van der Waals surface area contributed by atoms with Crippen LogP contribution in [0.2, 0.25) is 0 Å². The zero-order chi connectivity index (χ0) is 26.5. The van der Waals surface area contributed by atoms with E-state index in [1.165, 1.54) is 4.90 Å². The fraction of sp³-hybridized carbons (Fsp3) is 0.750. The number of ether oxygens (including phenoxy) is 2. The van der Waals surface area contributed by atoms with E-state index in [1.54, 1.807) is 11.0 Å². The lowest BCUT2D eigenvalue weighted by atomic mass is 9.70. The molecule has 1 N–H and O–H groups in total. The Kier molecular flexibility index (Phi) is 9.75. The summed E-state index contributed by atoms with van der Waals surface area (Å²) in [7, 11) is 0. The van der Waals surface area contributed by atoms with E-state index in [2.05, 4.69) is 20.1 Å². The average molecular weight is 505 g/mol. The highest BCUT2D eigenvalue weighted by Gasteiger charge is 2.75. The number of allylic oxidation sites excluding steroid dienone is 1. The van der Waals surface area contributed by atoms with Gasteiger partial charge in [-0.05, 0) is 51.9 Å². The molecule has 8 heteroatoms. The normalized spacial score (nSPS) is 30.1. The molecule has 3 fully saturated rings. The molecule has 1 spiro atoms. The van der Waals surface area contributed by atoms with Gasteiger partial charge in [-0.15, -0.1) is 13.2 Å². The van der Waals surface area contributed by atoms with E-state index in [0.717, 1.165) is 32.1 Å². The van der Waals surface area contributed by atoms with Crippen molar-refractivity contribution in [3.05, 3.63) is 25.3 Å². The van der Waals surface area contributed by atoms with Crippen molar-refractivity contribution in [3.63, 3.8) is 0 Å². The minimum atomic E-state index is -1.08. The lowest BCUT2D eigenvalue weighted by Gasteiger charge is -2.40. The molecular formula is C28H44N2O6. The average Bonchev–Trinajstić information content (AvgIpc) is 3.50. The first-order valence-corrected chi connectivity index (χ1v) is 13.6. The van der Waals surface area contributed by atoms with Crippen LogP contribution in [0.3, 0.4) is 0 Å². The molecule has 0 radical (unpaired) electrons. The molecule has 3 saturated heterocycles. The summed E-state index contributed by atoms with van der Waals surface area (Å²) < 4.78 is 12.1. The molecule has 0 aromatic carbocycles. The number of rotatable bonds is 15. The van der Waals surface area contributed by atoms with Crippen molar-refractivity contribution >= 4 is 17.8 Å². The van der Waals surface area contributed by atoms with Gasteiger partial charge in [-0.3, -0.25) is 14.4 Å². The van der Waals surface area contributed by atoms with E-state index in [0.29, 0.717) is 25.8 Å². The smallest absolute Gasteiger partial charge is 0.312 e. The fourth-order valence-electron chi connectivity index (χ4n) is 6.46. The van der Waals surface area contributed by atoms with Gasteiger partial charge in [-0.25, -0.2) is 0 Å². The maximum absolute atomic E-state index is 14.2. The Morgan fingerprint density at radius 3 is 2.67 bits per heavy atom. The molecule has 3 rings (SSSR count). The van der Waals surface area contributed by atoms with Crippen LogP contribution in [0, 0.1) is 11.8 Å². The molecule has 36 heavy (non-hydrogen) atoms. The van der Waals surface area contributed by atoms with E-state index in [1.807, 2.05) is 19.9 Å². The Bertz CT molecular complexity index is 827. The van der Waals surface area contributed by atoms with Crippen LogP contribution in [-0.2, 0) is 23.9 Å². The summed E-state index contributed by atoms with van der Waals surface area (Å²) in [6.45, 7) is 13.9. The Hall–Kier alpha value is -2.19. The van der Waals surface area contributed by atoms with Gasteiger partial charge in [0.05, 0.1) is 37.2 Å². The van der Waals surface area contributed by atoms with Crippen LogP contribution in [0.25, 0.3) is 0 Å².